The average molecular weight is 277 g/mol. The zero-order valence-electron chi connectivity index (χ0n) is 11.5. The third-order valence-electron chi connectivity index (χ3n) is 4.05. The molecule has 0 saturated carbocycles. The molecule has 0 aliphatic carbocycles. The van der Waals surface area contributed by atoms with Crippen LogP contribution < -0.4 is 10.2 Å². The maximum atomic E-state index is 13.3. The summed E-state index contributed by atoms with van der Waals surface area (Å²) >= 11 is 0. The molecule has 0 spiro atoms. The number of anilines is 1. The van der Waals surface area contributed by atoms with Crippen molar-refractivity contribution >= 4 is 11.6 Å². The molecule has 2 heterocycles. The Hall–Kier alpha value is -1.46. The highest BCUT2D eigenvalue weighted by Crippen LogP contribution is 2.26. The SMILES string of the molecule is O=C1CC(CN2CCNCC2)CN1c1cccc(F)c1. The lowest BCUT2D eigenvalue weighted by molar-refractivity contribution is -0.117. The maximum absolute atomic E-state index is 13.3. The van der Waals surface area contributed by atoms with Crippen LogP contribution in [0.5, 0.6) is 0 Å². The molecular weight excluding hydrogens is 257 g/mol. The van der Waals surface area contributed by atoms with Crippen LogP contribution in [-0.2, 0) is 4.79 Å². The van der Waals surface area contributed by atoms with Crippen LogP contribution in [0.15, 0.2) is 24.3 Å². The summed E-state index contributed by atoms with van der Waals surface area (Å²) in [7, 11) is 0. The number of halogens is 1. The molecule has 20 heavy (non-hydrogen) atoms. The van der Waals surface area contributed by atoms with Crippen LogP contribution in [0.1, 0.15) is 6.42 Å². The Balaban J connectivity index is 1.63. The van der Waals surface area contributed by atoms with E-state index in [9.17, 15) is 9.18 Å². The quantitative estimate of drug-likeness (QED) is 0.898. The van der Waals surface area contributed by atoms with Gasteiger partial charge in [-0.2, -0.15) is 0 Å². The van der Waals surface area contributed by atoms with E-state index in [0.29, 0.717) is 24.6 Å². The average Bonchev–Trinajstić information content (AvgIpc) is 2.81. The van der Waals surface area contributed by atoms with Crippen molar-refractivity contribution in [2.24, 2.45) is 5.92 Å². The standard InChI is InChI=1S/C15H20FN3O/c16-13-2-1-3-14(9-13)19-11-12(8-15(19)20)10-18-6-4-17-5-7-18/h1-3,9,12,17H,4-8,10-11H2. The van der Waals surface area contributed by atoms with Gasteiger partial charge in [-0.05, 0) is 24.1 Å². The van der Waals surface area contributed by atoms with E-state index in [-0.39, 0.29) is 11.7 Å². The van der Waals surface area contributed by atoms with Crippen molar-refractivity contribution in [2.45, 2.75) is 6.42 Å². The second kappa shape index (κ2) is 5.89. The van der Waals surface area contributed by atoms with Gasteiger partial charge in [0.15, 0.2) is 0 Å². The Morgan fingerprint density at radius 1 is 1.30 bits per heavy atom. The highest BCUT2D eigenvalue weighted by molar-refractivity contribution is 5.95. The van der Waals surface area contributed by atoms with E-state index < -0.39 is 0 Å². The van der Waals surface area contributed by atoms with Crippen molar-refractivity contribution in [3.63, 3.8) is 0 Å². The van der Waals surface area contributed by atoms with E-state index in [2.05, 4.69) is 10.2 Å². The van der Waals surface area contributed by atoms with Gasteiger partial charge in [-0.1, -0.05) is 6.07 Å². The molecule has 1 aromatic rings. The first kappa shape index (κ1) is 13.5. The van der Waals surface area contributed by atoms with Gasteiger partial charge in [-0.15, -0.1) is 0 Å². The number of nitrogens with one attached hydrogen (secondary N) is 1. The van der Waals surface area contributed by atoms with Crippen molar-refractivity contribution in [2.75, 3.05) is 44.2 Å². The van der Waals surface area contributed by atoms with E-state index in [4.69, 9.17) is 0 Å². The number of piperazine rings is 1. The zero-order chi connectivity index (χ0) is 13.9. The number of hydrogen-bond acceptors (Lipinski definition) is 3. The van der Waals surface area contributed by atoms with Gasteiger partial charge in [0.25, 0.3) is 0 Å². The largest absolute Gasteiger partial charge is 0.314 e. The first-order valence-corrected chi connectivity index (χ1v) is 7.21. The van der Waals surface area contributed by atoms with Crippen LogP contribution in [0.3, 0.4) is 0 Å². The summed E-state index contributed by atoms with van der Waals surface area (Å²) < 4.78 is 13.3. The molecule has 0 aromatic heterocycles. The Labute approximate surface area is 118 Å². The second-order valence-corrected chi connectivity index (χ2v) is 5.60. The summed E-state index contributed by atoms with van der Waals surface area (Å²) in [6, 6.07) is 6.29. The van der Waals surface area contributed by atoms with E-state index in [1.54, 1.807) is 17.0 Å². The third-order valence-corrected chi connectivity index (χ3v) is 4.05. The van der Waals surface area contributed by atoms with Crippen LogP contribution in [0.4, 0.5) is 10.1 Å². The molecule has 1 atom stereocenters. The summed E-state index contributed by atoms with van der Waals surface area (Å²) in [4.78, 5) is 16.2. The molecule has 2 aliphatic heterocycles. The Morgan fingerprint density at radius 3 is 2.85 bits per heavy atom. The van der Waals surface area contributed by atoms with E-state index in [0.717, 1.165) is 32.7 Å². The normalized spacial score (nSPS) is 24.4. The van der Waals surface area contributed by atoms with Gasteiger partial charge < -0.3 is 15.1 Å². The van der Waals surface area contributed by atoms with Crippen molar-refractivity contribution in [1.29, 1.82) is 0 Å². The molecule has 1 unspecified atom stereocenters. The van der Waals surface area contributed by atoms with Crippen molar-refractivity contribution < 1.29 is 9.18 Å². The number of benzene rings is 1. The molecule has 4 nitrogen and oxygen atoms in total. The summed E-state index contributed by atoms with van der Waals surface area (Å²) in [5.74, 6) is 0.167. The fourth-order valence-corrected chi connectivity index (χ4v) is 3.06. The lowest BCUT2D eigenvalue weighted by Gasteiger charge is -2.29. The van der Waals surface area contributed by atoms with E-state index in [1.807, 2.05) is 0 Å². The lowest BCUT2D eigenvalue weighted by Crippen LogP contribution is -2.45. The first-order valence-electron chi connectivity index (χ1n) is 7.21. The topological polar surface area (TPSA) is 35.6 Å². The molecule has 2 saturated heterocycles. The molecular formula is C15H20FN3O. The van der Waals surface area contributed by atoms with Gasteiger partial charge in [0.1, 0.15) is 5.82 Å². The smallest absolute Gasteiger partial charge is 0.227 e. The molecule has 3 rings (SSSR count). The fourth-order valence-electron chi connectivity index (χ4n) is 3.06. The molecule has 0 radical (unpaired) electrons. The molecule has 2 fully saturated rings. The van der Waals surface area contributed by atoms with Crippen LogP contribution >= 0.6 is 0 Å². The molecule has 1 aromatic carbocycles. The third kappa shape index (κ3) is 2.99. The highest BCUT2D eigenvalue weighted by Gasteiger charge is 2.32. The van der Waals surface area contributed by atoms with Gasteiger partial charge in [0, 0.05) is 51.4 Å². The molecule has 1 amide bonds. The van der Waals surface area contributed by atoms with E-state index in [1.165, 1.54) is 12.1 Å². The van der Waals surface area contributed by atoms with Crippen LogP contribution in [0.2, 0.25) is 0 Å². The first-order chi connectivity index (χ1) is 9.72. The highest BCUT2D eigenvalue weighted by atomic mass is 19.1. The van der Waals surface area contributed by atoms with Crippen LogP contribution in [-0.4, -0.2) is 50.1 Å². The van der Waals surface area contributed by atoms with Crippen LogP contribution in [0, 0.1) is 11.7 Å². The molecule has 0 bridgehead atoms. The summed E-state index contributed by atoms with van der Waals surface area (Å²) in [6.07, 6.45) is 0.570. The summed E-state index contributed by atoms with van der Waals surface area (Å²) in [5.41, 5.74) is 0.679. The van der Waals surface area contributed by atoms with Gasteiger partial charge >= 0.3 is 0 Å². The number of hydrogen-bond donors (Lipinski definition) is 1. The molecule has 2 aliphatic rings. The number of amides is 1. The monoisotopic (exact) mass is 277 g/mol. The van der Waals surface area contributed by atoms with Crippen molar-refractivity contribution in [1.82, 2.24) is 10.2 Å². The maximum Gasteiger partial charge on any atom is 0.227 e. The Kier molecular flexibility index (Phi) is 3.98. The zero-order valence-corrected chi connectivity index (χ0v) is 11.5. The fraction of sp³-hybridized carbons (Fsp3) is 0.533. The minimum atomic E-state index is -0.291. The minimum absolute atomic E-state index is 0.107. The Bertz CT molecular complexity index is 488. The Morgan fingerprint density at radius 2 is 2.10 bits per heavy atom. The number of carbonyl (C=O) groups excluding carboxylic acids is 1. The number of carbonyl (C=O) groups is 1. The summed E-state index contributed by atoms with van der Waals surface area (Å²) in [5, 5.41) is 3.33. The number of nitrogens with zero attached hydrogens (tertiary/aromatic N) is 2. The minimum Gasteiger partial charge on any atom is -0.314 e. The summed E-state index contributed by atoms with van der Waals surface area (Å²) in [6.45, 7) is 5.79. The van der Waals surface area contributed by atoms with Gasteiger partial charge in [0.2, 0.25) is 5.91 Å². The lowest BCUT2D eigenvalue weighted by atomic mass is 10.1. The van der Waals surface area contributed by atoms with Gasteiger partial charge in [-0.3, -0.25) is 4.79 Å². The predicted molar refractivity (Wildman–Crippen MR) is 76.2 cm³/mol. The molecule has 5 heteroatoms. The molecule has 1 N–H and O–H groups in total. The van der Waals surface area contributed by atoms with Gasteiger partial charge in [-0.25, -0.2) is 4.39 Å². The van der Waals surface area contributed by atoms with Crippen LogP contribution in [0.25, 0.3) is 0 Å². The molecule has 108 valence electrons. The van der Waals surface area contributed by atoms with Crippen molar-refractivity contribution in [3.8, 4) is 0 Å². The van der Waals surface area contributed by atoms with E-state index >= 15 is 0 Å². The van der Waals surface area contributed by atoms with Gasteiger partial charge in [0.05, 0.1) is 0 Å². The van der Waals surface area contributed by atoms with Crippen molar-refractivity contribution in [3.05, 3.63) is 30.1 Å². The second-order valence-electron chi connectivity index (χ2n) is 5.60. The predicted octanol–water partition coefficient (Wildman–Crippen LogP) is 1.08. The number of rotatable bonds is 3.